The summed E-state index contributed by atoms with van der Waals surface area (Å²) in [5.41, 5.74) is 9.08. The first-order chi connectivity index (χ1) is 8.21. The smallest absolute Gasteiger partial charge is 0.140 e. The lowest BCUT2D eigenvalue weighted by atomic mass is 10.2. The second kappa shape index (κ2) is 4.85. The number of hydrogen-bond acceptors (Lipinski definition) is 3. The maximum absolute atomic E-state index is 5.71. The van der Waals surface area contributed by atoms with Crippen LogP contribution in [0.4, 0.5) is 0 Å². The number of aryl methyl sites for hydroxylation is 2. The van der Waals surface area contributed by atoms with Gasteiger partial charge >= 0.3 is 0 Å². The summed E-state index contributed by atoms with van der Waals surface area (Å²) in [7, 11) is 1.67. The van der Waals surface area contributed by atoms with Gasteiger partial charge in [0.25, 0.3) is 0 Å². The van der Waals surface area contributed by atoms with E-state index in [0.29, 0.717) is 6.54 Å². The van der Waals surface area contributed by atoms with E-state index in [9.17, 15) is 0 Å². The molecule has 1 unspecified atom stereocenters. The van der Waals surface area contributed by atoms with E-state index in [2.05, 4.69) is 41.6 Å². The van der Waals surface area contributed by atoms with Gasteiger partial charge in [0.2, 0.25) is 0 Å². The normalized spacial score (nSPS) is 13.2. The molecule has 0 spiro atoms. The van der Waals surface area contributed by atoms with Crippen LogP contribution in [-0.4, -0.2) is 23.2 Å². The van der Waals surface area contributed by atoms with Crippen LogP contribution in [0.3, 0.4) is 0 Å². The van der Waals surface area contributed by atoms with Crippen molar-refractivity contribution >= 4 is 11.0 Å². The average molecular weight is 233 g/mol. The number of rotatable bonds is 4. The van der Waals surface area contributed by atoms with Gasteiger partial charge in [-0.2, -0.15) is 0 Å². The summed E-state index contributed by atoms with van der Waals surface area (Å²) in [6.45, 7) is 5.49. The molecule has 0 radical (unpaired) electrons. The Labute approximate surface area is 101 Å². The molecule has 1 heterocycles. The summed E-state index contributed by atoms with van der Waals surface area (Å²) in [4.78, 5) is 4.64. The van der Waals surface area contributed by atoms with Gasteiger partial charge in [-0.15, -0.1) is 0 Å². The van der Waals surface area contributed by atoms with E-state index in [-0.39, 0.29) is 6.10 Å². The molecule has 0 aliphatic rings. The zero-order valence-corrected chi connectivity index (χ0v) is 10.6. The number of hydrogen-bond donors (Lipinski definition) is 1. The van der Waals surface area contributed by atoms with Crippen LogP contribution in [0.25, 0.3) is 11.0 Å². The fourth-order valence-electron chi connectivity index (χ4n) is 2.14. The first kappa shape index (κ1) is 12.1. The number of nitrogens with two attached hydrogens (primary N) is 1. The van der Waals surface area contributed by atoms with Crippen molar-refractivity contribution in [3.05, 3.63) is 29.6 Å². The van der Waals surface area contributed by atoms with Gasteiger partial charge < -0.3 is 15.0 Å². The maximum atomic E-state index is 5.71. The average Bonchev–Trinajstić information content (AvgIpc) is 2.68. The molecule has 2 rings (SSSR count). The molecule has 92 valence electrons. The van der Waals surface area contributed by atoms with Crippen LogP contribution < -0.4 is 5.73 Å². The summed E-state index contributed by atoms with van der Waals surface area (Å²) in [6, 6.07) is 6.30. The van der Waals surface area contributed by atoms with Crippen molar-refractivity contribution in [1.29, 1.82) is 0 Å². The Bertz CT molecular complexity index is 515. The molecular weight excluding hydrogens is 214 g/mol. The molecule has 0 aliphatic carbocycles. The van der Waals surface area contributed by atoms with Gasteiger partial charge in [0.15, 0.2) is 0 Å². The number of aromatic nitrogens is 2. The zero-order chi connectivity index (χ0) is 12.4. The minimum Gasteiger partial charge on any atom is -0.372 e. The van der Waals surface area contributed by atoms with E-state index < -0.39 is 0 Å². The van der Waals surface area contributed by atoms with E-state index in [0.717, 1.165) is 23.4 Å². The van der Waals surface area contributed by atoms with Crippen LogP contribution in [0.2, 0.25) is 0 Å². The van der Waals surface area contributed by atoms with Crippen LogP contribution in [0.15, 0.2) is 18.2 Å². The molecule has 1 aromatic carbocycles. The quantitative estimate of drug-likeness (QED) is 0.879. The third-order valence-corrected chi connectivity index (χ3v) is 3.04. The highest BCUT2D eigenvalue weighted by molar-refractivity contribution is 5.77. The van der Waals surface area contributed by atoms with E-state index >= 15 is 0 Å². The highest BCUT2D eigenvalue weighted by Gasteiger charge is 2.17. The fraction of sp³-hybridized carbons (Fsp3) is 0.462. The second-order valence-corrected chi connectivity index (χ2v) is 4.17. The summed E-state index contributed by atoms with van der Waals surface area (Å²) in [5.74, 6) is 0.915. The molecule has 0 saturated carbocycles. The molecule has 2 N–H and O–H groups in total. The molecule has 17 heavy (non-hydrogen) atoms. The summed E-state index contributed by atoms with van der Waals surface area (Å²) >= 11 is 0. The van der Waals surface area contributed by atoms with Gasteiger partial charge in [-0.3, -0.25) is 0 Å². The predicted molar refractivity (Wildman–Crippen MR) is 68.9 cm³/mol. The molecule has 0 aliphatic heterocycles. The predicted octanol–water partition coefficient (Wildman–Crippen LogP) is 2.01. The standard InChI is InChI=1S/C13H19N3O/c1-4-16-11-6-5-9(2)7-10(11)15-13(16)12(8-14)17-3/h5-7,12H,4,8,14H2,1-3H3. The topological polar surface area (TPSA) is 53.1 Å². The van der Waals surface area contributed by atoms with Gasteiger partial charge in [-0.1, -0.05) is 6.07 Å². The number of imidazole rings is 1. The second-order valence-electron chi connectivity index (χ2n) is 4.17. The lowest BCUT2D eigenvalue weighted by Gasteiger charge is -2.14. The molecular formula is C13H19N3O. The Morgan fingerprint density at radius 1 is 1.47 bits per heavy atom. The number of fused-ring (bicyclic) bond motifs is 1. The molecule has 0 saturated heterocycles. The largest absolute Gasteiger partial charge is 0.372 e. The minimum absolute atomic E-state index is 0.136. The lowest BCUT2D eigenvalue weighted by molar-refractivity contribution is 0.100. The van der Waals surface area contributed by atoms with Crippen LogP contribution >= 0.6 is 0 Å². The summed E-state index contributed by atoms with van der Waals surface area (Å²) in [6.07, 6.45) is -0.136. The third-order valence-electron chi connectivity index (χ3n) is 3.04. The molecule has 2 aromatic rings. The van der Waals surface area contributed by atoms with Crippen molar-refractivity contribution in [2.24, 2.45) is 5.73 Å². The van der Waals surface area contributed by atoms with Crippen LogP contribution in [0.1, 0.15) is 24.4 Å². The molecule has 0 amide bonds. The van der Waals surface area contributed by atoms with Crippen molar-refractivity contribution in [3.63, 3.8) is 0 Å². The van der Waals surface area contributed by atoms with Crippen LogP contribution in [0.5, 0.6) is 0 Å². The number of methoxy groups -OCH3 is 1. The number of ether oxygens (including phenoxy) is 1. The molecule has 4 nitrogen and oxygen atoms in total. The van der Waals surface area contributed by atoms with Gasteiger partial charge in [0.05, 0.1) is 11.0 Å². The third kappa shape index (κ3) is 2.06. The summed E-state index contributed by atoms with van der Waals surface area (Å²) in [5, 5.41) is 0. The maximum Gasteiger partial charge on any atom is 0.140 e. The Morgan fingerprint density at radius 2 is 2.24 bits per heavy atom. The SMILES string of the molecule is CCn1c(C(CN)OC)nc2cc(C)ccc21. The van der Waals surface area contributed by atoms with Gasteiger partial charge in [0.1, 0.15) is 11.9 Å². The highest BCUT2D eigenvalue weighted by atomic mass is 16.5. The van der Waals surface area contributed by atoms with Crippen molar-refractivity contribution in [2.75, 3.05) is 13.7 Å². The van der Waals surface area contributed by atoms with Gasteiger partial charge in [0, 0.05) is 20.2 Å². The number of benzene rings is 1. The van der Waals surface area contributed by atoms with Crippen molar-refractivity contribution in [3.8, 4) is 0 Å². The van der Waals surface area contributed by atoms with Gasteiger partial charge in [-0.05, 0) is 31.5 Å². The molecule has 1 atom stereocenters. The highest BCUT2D eigenvalue weighted by Crippen LogP contribution is 2.23. The summed E-state index contributed by atoms with van der Waals surface area (Å²) < 4.78 is 7.54. The van der Waals surface area contributed by atoms with E-state index in [4.69, 9.17) is 10.5 Å². The van der Waals surface area contributed by atoms with E-state index in [1.54, 1.807) is 7.11 Å². The monoisotopic (exact) mass is 233 g/mol. The van der Waals surface area contributed by atoms with Crippen molar-refractivity contribution < 1.29 is 4.74 Å². The first-order valence-electron chi connectivity index (χ1n) is 5.90. The zero-order valence-electron chi connectivity index (χ0n) is 10.6. The molecule has 0 bridgehead atoms. The Balaban J connectivity index is 2.62. The number of nitrogens with zero attached hydrogens (tertiary/aromatic N) is 2. The van der Waals surface area contributed by atoms with Crippen LogP contribution in [0, 0.1) is 6.92 Å². The molecule has 0 fully saturated rings. The Kier molecular flexibility index (Phi) is 3.45. The van der Waals surface area contributed by atoms with Crippen molar-refractivity contribution in [1.82, 2.24) is 9.55 Å². The van der Waals surface area contributed by atoms with Crippen molar-refractivity contribution in [2.45, 2.75) is 26.5 Å². The Hall–Kier alpha value is -1.39. The Morgan fingerprint density at radius 3 is 2.82 bits per heavy atom. The van der Waals surface area contributed by atoms with Crippen LogP contribution in [-0.2, 0) is 11.3 Å². The molecule has 1 aromatic heterocycles. The first-order valence-corrected chi connectivity index (χ1v) is 5.90. The fourth-order valence-corrected chi connectivity index (χ4v) is 2.14. The van der Waals surface area contributed by atoms with E-state index in [1.165, 1.54) is 5.56 Å². The molecule has 4 heteroatoms. The lowest BCUT2D eigenvalue weighted by Crippen LogP contribution is -2.18. The minimum atomic E-state index is -0.136. The van der Waals surface area contributed by atoms with E-state index in [1.807, 2.05) is 0 Å². The van der Waals surface area contributed by atoms with Gasteiger partial charge in [-0.25, -0.2) is 4.98 Å².